The zero-order chi connectivity index (χ0) is 22.1. The van der Waals surface area contributed by atoms with Crippen molar-refractivity contribution >= 4 is 5.91 Å². The van der Waals surface area contributed by atoms with Crippen LogP contribution in [0.1, 0.15) is 110 Å². The zero-order valence-corrected chi connectivity index (χ0v) is 19.8. The second-order valence-corrected chi connectivity index (χ2v) is 10.7. The lowest BCUT2D eigenvalue weighted by Crippen LogP contribution is -2.50. The number of hydrogen-bond donors (Lipinski definition) is 2. The van der Waals surface area contributed by atoms with Crippen LogP contribution >= 0.6 is 0 Å². The van der Waals surface area contributed by atoms with Gasteiger partial charge in [0.15, 0.2) is 0 Å². The molecule has 1 saturated carbocycles. The summed E-state index contributed by atoms with van der Waals surface area (Å²) in [6, 6.07) is 4.31. The molecular formula is C26H41NO3. The Morgan fingerprint density at radius 2 is 1.97 bits per heavy atom. The van der Waals surface area contributed by atoms with Gasteiger partial charge in [0.25, 0.3) is 0 Å². The van der Waals surface area contributed by atoms with Gasteiger partial charge in [-0.3, -0.25) is 4.79 Å². The number of unbranched alkanes of at least 4 members (excludes halogenated alkanes) is 3. The van der Waals surface area contributed by atoms with E-state index in [0.29, 0.717) is 11.7 Å². The summed E-state index contributed by atoms with van der Waals surface area (Å²) in [5.41, 5.74) is 1.81. The van der Waals surface area contributed by atoms with Crippen molar-refractivity contribution in [3.05, 3.63) is 23.3 Å². The normalized spacial score (nSPS) is 25.1. The second kappa shape index (κ2) is 8.80. The van der Waals surface area contributed by atoms with Crippen LogP contribution in [0.2, 0.25) is 0 Å². The van der Waals surface area contributed by atoms with E-state index in [4.69, 9.17) is 4.74 Å². The van der Waals surface area contributed by atoms with E-state index in [9.17, 15) is 9.90 Å². The first-order chi connectivity index (χ1) is 14.0. The van der Waals surface area contributed by atoms with Crippen molar-refractivity contribution in [1.82, 2.24) is 5.32 Å². The summed E-state index contributed by atoms with van der Waals surface area (Å²) in [6.45, 7) is 12.7. The summed E-state index contributed by atoms with van der Waals surface area (Å²) in [5, 5.41) is 14.2. The lowest BCUT2D eigenvalue weighted by atomic mass is 9.65. The van der Waals surface area contributed by atoms with Gasteiger partial charge in [0.1, 0.15) is 17.1 Å². The minimum absolute atomic E-state index is 0.00408. The topological polar surface area (TPSA) is 58.6 Å². The molecule has 1 heterocycles. The maximum atomic E-state index is 11.6. The molecule has 3 atom stereocenters. The zero-order valence-electron chi connectivity index (χ0n) is 19.8. The predicted molar refractivity (Wildman–Crippen MR) is 122 cm³/mol. The van der Waals surface area contributed by atoms with Gasteiger partial charge in [-0.15, -0.1) is 0 Å². The molecule has 0 saturated heterocycles. The van der Waals surface area contributed by atoms with Crippen LogP contribution in [0.5, 0.6) is 11.5 Å². The van der Waals surface area contributed by atoms with Gasteiger partial charge < -0.3 is 15.2 Å². The fourth-order valence-corrected chi connectivity index (χ4v) is 5.70. The molecule has 3 rings (SSSR count). The third-order valence-electron chi connectivity index (χ3n) is 7.45. The van der Waals surface area contributed by atoms with Gasteiger partial charge in [0, 0.05) is 24.4 Å². The molecule has 168 valence electrons. The average Bonchev–Trinajstić information content (AvgIpc) is 2.63. The summed E-state index contributed by atoms with van der Waals surface area (Å²) >= 11 is 0. The van der Waals surface area contributed by atoms with Crippen molar-refractivity contribution in [2.45, 2.75) is 116 Å². The van der Waals surface area contributed by atoms with Gasteiger partial charge in [-0.2, -0.15) is 0 Å². The number of phenols is 1. The molecule has 4 heteroatoms. The molecule has 1 aromatic carbocycles. The molecule has 30 heavy (non-hydrogen) atoms. The van der Waals surface area contributed by atoms with E-state index < -0.39 is 0 Å². The number of ether oxygens (including phenoxy) is 1. The third-order valence-corrected chi connectivity index (χ3v) is 7.45. The highest BCUT2D eigenvalue weighted by atomic mass is 16.5. The molecule has 0 aromatic heterocycles. The lowest BCUT2D eigenvalue weighted by Gasteiger charge is -2.49. The van der Waals surface area contributed by atoms with Crippen LogP contribution in [0.25, 0.3) is 0 Å². The number of fused-ring (bicyclic) bond motifs is 3. The number of carbonyl (C=O) groups is 1. The number of benzene rings is 1. The smallest absolute Gasteiger partial charge is 0.217 e. The summed E-state index contributed by atoms with van der Waals surface area (Å²) in [6.07, 6.45) is 8.90. The monoisotopic (exact) mass is 415 g/mol. The van der Waals surface area contributed by atoms with E-state index in [1.54, 1.807) is 6.92 Å². The van der Waals surface area contributed by atoms with Crippen LogP contribution < -0.4 is 10.1 Å². The molecule has 2 N–H and O–H groups in total. The van der Waals surface area contributed by atoms with Crippen LogP contribution in [0.15, 0.2) is 12.1 Å². The molecule has 2 aliphatic rings. The SMILES string of the molecule is CCCCCCC(C)(C)c1cc(O)c2c(c1)OC(C)(C)[C@H]1CC[C@@H](NC(C)=O)C[C@@H]21. The fourth-order valence-electron chi connectivity index (χ4n) is 5.70. The van der Waals surface area contributed by atoms with Gasteiger partial charge in [0.05, 0.1) is 0 Å². The number of hydrogen-bond acceptors (Lipinski definition) is 3. The van der Waals surface area contributed by atoms with Gasteiger partial charge in [-0.1, -0.05) is 46.5 Å². The van der Waals surface area contributed by atoms with Gasteiger partial charge in [0.2, 0.25) is 5.91 Å². The maximum absolute atomic E-state index is 11.6. The van der Waals surface area contributed by atoms with Crippen LogP contribution in [0.4, 0.5) is 0 Å². The number of nitrogens with one attached hydrogen (secondary N) is 1. The van der Waals surface area contributed by atoms with Crippen LogP contribution in [0.3, 0.4) is 0 Å². The number of amides is 1. The van der Waals surface area contributed by atoms with Crippen molar-refractivity contribution in [2.24, 2.45) is 5.92 Å². The molecule has 1 aliphatic carbocycles. The van der Waals surface area contributed by atoms with E-state index >= 15 is 0 Å². The third kappa shape index (κ3) is 4.78. The van der Waals surface area contributed by atoms with E-state index in [-0.39, 0.29) is 28.9 Å². The van der Waals surface area contributed by atoms with Gasteiger partial charge in [-0.25, -0.2) is 0 Å². The molecule has 1 aliphatic heterocycles. The van der Waals surface area contributed by atoms with E-state index in [2.05, 4.69) is 46.0 Å². The van der Waals surface area contributed by atoms with Crippen molar-refractivity contribution in [3.8, 4) is 11.5 Å². The summed E-state index contributed by atoms with van der Waals surface area (Å²) in [7, 11) is 0. The van der Waals surface area contributed by atoms with Crippen LogP contribution in [0, 0.1) is 5.92 Å². The first kappa shape index (κ1) is 23.0. The Balaban J connectivity index is 1.90. The first-order valence-electron chi connectivity index (χ1n) is 11.9. The molecule has 1 fully saturated rings. The minimum atomic E-state index is -0.283. The Labute approximate surface area is 182 Å². The van der Waals surface area contributed by atoms with Crippen LogP contribution in [-0.2, 0) is 10.2 Å². The van der Waals surface area contributed by atoms with Gasteiger partial charge in [-0.05, 0) is 68.6 Å². The first-order valence-corrected chi connectivity index (χ1v) is 11.9. The van der Waals surface area contributed by atoms with E-state index in [1.165, 1.54) is 25.7 Å². The molecular weight excluding hydrogens is 374 g/mol. The summed E-state index contributed by atoms with van der Waals surface area (Å²) < 4.78 is 6.52. The number of aromatic hydroxyl groups is 1. The maximum Gasteiger partial charge on any atom is 0.217 e. The number of rotatable bonds is 7. The molecule has 1 amide bonds. The van der Waals surface area contributed by atoms with Crippen molar-refractivity contribution in [2.75, 3.05) is 0 Å². The molecule has 4 nitrogen and oxygen atoms in total. The fraction of sp³-hybridized carbons (Fsp3) is 0.731. The van der Waals surface area contributed by atoms with Crippen molar-refractivity contribution in [3.63, 3.8) is 0 Å². The van der Waals surface area contributed by atoms with Crippen LogP contribution in [-0.4, -0.2) is 22.7 Å². The molecule has 1 aromatic rings. The number of phenolic OH excluding ortho intramolecular Hbond substituents is 1. The highest BCUT2D eigenvalue weighted by molar-refractivity contribution is 5.73. The Hall–Kier alpha value is -1.71. The average molecular weight is 416 g/mol. The Kier molecular flexibility index (Phi) is 6.74. The Bertz CT molecular complexity index is 768. The molecule has 0 spiro atoms. The molecule has 0 unspecified atom stereocenters. The van der Waals surface area contributed by atoms with Crippen molar-refractivity contribution in [1.29, 1.82) is 0 Å². The largest absolute Gasteiger partial charge is 0.508 e. The second-order valence-electron chi connectivity index (χ2n) is 10.7. The minimum Gasteiger partial charge on any atom is -0.508 e. The molecule has 0 bridgehead atoms. The lowest BCUT2D eigenvalue weighted by molar-refractivity contribution is -0.120. The summed E-state index contributed by atoms with van der Waals surface area (Å²) in [5.74, 6) is 1.76. The highest BCUT2D eigenvalue weighted by Gasteiger charge is 2.48. The van der Waals surface area contributed by atoms with E-state index in [0.717, 1.165) is 42.6 Å². The quantitative estimate of drug-likeness (QED) is 0.521. The Morgan fingerprint density at radius 3 is 2.63 bits per heavy atom. The summed E-state index contributed by atoms with van der Waals surface area (Å²) in [4.78, 5) is 11.6. The van der Waals surface area contributed by atoms with Crippen molar-refractivity contribution < 1.29 is 14.6 Å². The highest BCUT2D eigenvalue weighted by Crippen LogP contribution is 2.55. The van der Waals surface area contributed by atoms with E-state index in [1.807, 2.05) is 6.07 Å². The number of carbonyl (C=O) groups excluding carboxylic acids is 1. The standard InChI is InChI=1S/C26H41NO3/c1-7-8-9-10-13-25(3,4)18-14-22(29)24-20-16-19(27-17(2)28)11-12-21(20)26(5,6)30-23(24)15-18/h14-15,19-21,29H,7-13,16H2,1-6H3,(H,27,28)/t19-,20-,21+/m1/s1. The Morgan fingerprint density at radius 1 is 1.23 bits per heavy atom. The van der Waals surface area contributed by atoms with Gasteiger partial charge >= 0.3 is 0 Å². The predicted octanol–water partition coefficient (Wildman–Crippen LogP) is 6.20. The molecule has 0 radical (unpaired) electrons.